The van der Waals surface area contributed by atoms with E-state index >= 15 is 0 Å². The molecule has 4 aliphatic rings. The maximum absolute atomic E-state index is 2.69. The first-order valence-electron chi connectivity index (χ1n) is 26.0. The molecule has 2 aliphatic heterocycles. The number of fused-ring (bicyclic) bond motifs is 19. The highest BCUT2D eigenvalue weighted by molar-refractivity contribution is 7.00. The van der Waals surface area contributed by atoms with Crippen LogP contribution in [0.3, 0.4) is 0 Å². The molecule has 334 valence electrons. The summed E-state index contributed by atoms with van der Waals surface area (Å²) in [5, 5.41) is 18.3. The fourth-order valence-corrected chi connectivity index (χ4v) is 15.5. The number of nitrogens with zero attached hydrogens (tertiary/aromatic N) is 3. The lowest BCUT2D eigenvalue weighted by Gasteiger charge is -2.35. The Morgan fingerprint density at radius 3 is 1.11 bits per heavy atom. The zero-order chi connectivity index (χ0) is 47.4. The monoisotopic (exact) mass is 929 g/mol. The van der Waals surface area contributed by atoms with Crippen molar-refractivity contribution in [2.45, 2.75) is 0 Å². The Bertz CT molecular complexity index is 5120. The summed E-state index contributed by atoms with van der Waals surface area (Å²) in [6.45, 7) is -0.0229. The van der Waals surface area contributed by atoms with E-state index in [2.05, 4.69) is 232 Å². The number of hydrogen-bond donors (Lipinski definition) is 0. The minimum atomic E-state index is -0.0229. The molecule has 2 aliphatic carbocycles. The molecule has 3 nitrogen and oxygen atoms in total. The number of aromatic nitrogens is 3. The first kappa shape index (κ1) is 37.2. The summed E-state index contributed by atoms with van der Waals surface area (Å²) in [6, 6.07) is 84.0. The van der Waals surface area contributed by atoms with Crippen LogP contribution in [-0.4, -0.2) is 20.4 Å². The van der Waals surface area contributed by atoms with Crippen LogP contribution >= 0.6 is 0 Å². The van der Waals surface area contributed by atoms with E-state index in [0.717, 1.165) is 5.69 Å². The highest BCUT2D eigenvalue weighted by Crippen LogP contribution is 2.54. The molecular formula is C70H36BN3. The smallest absolute Gasteiger partial charge is 0.252 e. The zero-order valence-electron chi connectivity index (χ0n) is 39.7. The molecule has 74 heavy (non-hydrogen) atoms. The second-order valence-corrected chi connectivity index (χ2v) is 21.4. The Kier molecular flexibility index (Phi) is 6.29. The van der Waals surface area contributed by atoms with Gasteiger partial charge >= 0.3 is 0 Å². The molecule has 0 fully saturated rings. The molecule has 4 heteroatoms. The molecule has 0 N–H and O–H groups in total. The van der Waals surface area contributed by atoms with Gasteiger partial charge in [0, 0.05) is 43.7 Å². The quantitative estimate of drug-likeness (QED) is 0.146. The molecule has 0 unspecified atom stereocenters. The minimum absolute atomic E-state index is 0.0229. The fraction of sp³-hybridized carbons (Fsp3) is 0. The molecule has 0 spiro atoms. The summed E-state index contributed by atoms with van der Waals surface area (Å²) in [5.41, 5.74) is 25.7. The third kappa shape index (κ3) is 4.06. The average molecular weight is 930 g/mol. The Balaban J connectivity index is 1.03. The normalized spacial score (nSPS) is 13.4. The molecule has 13 aromatic carbocycles. The van der Waals surface area contributed by atoms with Crippen LogP contribution in [0.25, 0.3) is 170 Å². The summed E-state index contributed by atoms with van der Waals surface area (Å²) < 4.78 is 7.99. The third-order valence-electron chi connectivity index (χ3n) is 18.2. The Morgan fingerprint density at radius 2 is 0.635 bits per heavy atom. The molecule has 0 radical (unpaired) electrons. The van der Waals surface area contributed by atoms with E-state index in [1.54, 1.807) is 0 Å². The predicted molar refractivity (Wildman–Crippen MR) is 313 cm³/mol. The van der Waals surface area contributed by atoms with Crippen molar-refractivity contribution in [2.75, 3.05) is 0 Å². The van der Waals surface area contributed by atoms with Crippen LogP contribution in [-0.2, 0) is 0 Å². The van der Waals surface area contributed by atoms with Crippen molar-refractivity contribution in [1.29, 1.82) is 0 Å². The lowest BCUT2D eigenvalue weighted by molar-refractivity contribution is 1.10. The molecule has 5 heterocycles. The van der Waals surface area contributed by atoms with E-state index in [1.807, 2.05) is 0 Å². The van der Waals surface area contributed by atoms with E-state index in [-0.39, 0.29) is 6.71 Å². The molecular weight excluding hydrogens is 894 g/mol. The van der Waals surface area contributed by atoms with Gasteiger partial charge < -0.3 is 13.7 Å². The van der Waals surface area contributed by atoms with Crippen LogP contribution < -0.4 is 16.4 Å². The van der Waals surface area contributed by atoms with E-state index in [4.69, 9.17) is 0 Å². The minimum Gasteiger partial charge on any atom is -0.310 e. The van der Waals surface area contributed by atoms with Gasteiger partial charge in [-0.05, 0) is 140 Å². The van der Waals surface area contributed by atoms with Gasteiger partial charge in [-0.1, -0.05) is 182 Å². The van der Waals surface area contributed by atoms with Gasteiger partial charge in [-0.2, -0.15) is 0 Å². The van der Waals surface area contributed by atoms with Crippen LogP contribution in [0, 0.1) is 0 Å². The molecule has 0 saturated carbocycles. The van der Waals surface area contributed by atoms with Crippen LogP contribution in [0.5, 0.6) is 0 Å². The van der Waals surface area contributed by atoms with Crippen molar-refractivity contribution in [1.82, 2.24) is 13.7 Å². The maximum atomic E-state index is 2.69. The summed E-state index contributed by atoms with van der Waals surface area (Å²) >= 11 is 0. The van der Waals surface area contributed by atoms with Crippen LogP contribution in [0.15, 0.2) is 218 Å². The van der Waals surface area contributed by atoms with Crippen molar-refractivity contribution < 1.29 is 0 Å². The van der Waals surface area contributed by atoms with E-state index in [1.165, 1.54) is 181 Å². The van der Waals surface area contributed by atoms with E-state index in [9.17, 15) is 0 Å². The standard InChI is InChI=1S/C70H36BN3/c1-3-15-42-37(11-1)23-31-54-62(42)63-43-16-4-2-12-38(43)24-32-55(63)72(54)41-35-58-68-59(36-41)74-57-34-26-40-14-10-22-49-45-18-6-8-20-47(45)51-28-30-53(70(74)65(51)67(57)61(40)49)71(68)52-29-27-50-46-19-7-5-17-44(46)48-21-9-13-39-25-33-56-66(60(39)48)64(50)69(52)73(56)58/h1-36H. The van der Waals surface area contributed by atoms with Crippen molar-refractivity contribution in [3.8, 4) is 61.6 Å². The fourth-order valence-electron chi connectivity index (χ4n) is 15.5. The van der Waals surface area contributed by atoms with Gasteiger partial charge in [-0.3, -0.25) is 0 Å². The van der Waals surface area contributed by atoms with Crippen molar-refractivity contribution >= 4 is 132 Å². The van der Waals surface area contributed by atoms with Gasteiger partial charge in [-0.15, -0.1) is 0 Å². The Hall–Kier alpha value is -9.64. The van der Waals surface area contributed by atoms with Gasteiger partial charge in [-0.25, -0.2) is 0 Å². The lowest BCUT2D eigenvalue weighted by Crippen LogP contribution is -2.59. The highest BCUT2D eigenvalue weighted by Gasteiger charge is 2.43. The molecule has 0 saturated heterocycles. The van der Waals surface area contributed by atoms with Gasteiger partial charge in [0.25, 0.3) is 6.71 Å². The molecule has 16 aromatic rings. The molecule has 0 atom stereocenters. The van der Waals surface area contributed by atoms with Crippen molar-refractivity contribution in [2.24, 2.45) is 0 Å². The van der Waals surface area contributed by atoms with Gasteiger partial charge in [0.2, 0.25) is 0 Å². The predicted octanol–water partition coefficient (Wildman–Crippen LogP) is 16.0. The van der Waals surface area contributed by atoms with Crippen molar-refractivity contribution in [3.63, 3.8) is 0 Å². The lowest BCUT2D eigenvalue weighted by atomic mass is 9.34. The number of hydrogen-bond acceptors (Lipinski definition) is 0. The SMILES string of the molecule is c1ccc2c(c1)-c1cccc3ccc4c(c13)c1c-2ccc2c1n4-c1cc(-n3c4ccc5ccccc5c4c4c5ccccc5ccc43)cc3c1B2c1ccc2c4c5c6c(cccc6ccc5n-3c14)-c1ccccc1-2. The van der Waals surface area contributed by atoms with Crippen LogP contribution in [0.2, 0.25) is 0 Å². The first-order valence-corrected chi connectivity index (χ1v) is 26.0. The second kappa shape index (κ2) is 12.5. The van der Waals surface area contributed by atoms with Crippen LogP contribution in [0.1, 0.15) is 0 Å². The highest BCUT2D eigenvalue weighted by atomic mass is 15.1. The summed E-state index contributed by atoms with van der Waals surface area (Å²) in [4.78, 5) is 0. The molecule has 20 rings (SSSR count). The number of rotatable bonds is 1. The maximum Gasteiger partial charge on any atom is 0.252 e. The largest absolute Gasteiger partial charge is 0.310 e. The van der Waals surface area contributed by atoms with Crippen LogP contribution in [0.4, 0.5) is 0 Å². The molecule has 0 amide bonds. The second-order valence-electron chi connectivity index (χ2n) is 21.4. The average Bonchev–Trinajstić information content (AvgIpc) is 4.19. The first-order chi connectivity index (χ1) is 36.8. The topological polar surface area (TPSA) is 14.8 Å². The molecule has 0 bridgehead atoms. The molecule has 3 aromatic heterocycles. The van der Waals surface area contributed by atoms with Crippen molar-refractivity contribution in [3.05, 3.63) is 218 Å². The summed E-state index contributed by atoms with van der Waals surface area (Å²) in [6.07, 6.45) is 0. The van der Waals surface area contributed by atoms with Gasteiger partial charge in [0.1, 0.15) is 0 Å². The zero-order valence-corrected chi connectivity index (χ0v) is 39.7. The summed E-state index contributed by atoms with van der Waals surface area (Å²) in [5.74, 6) is 0. The van der Waals surface area contributed by atoms with Gasteiger partial charge in [0.15, 0.2) is 0 Å². The Morgan fingerprint density at radius 1 is 0.257 bits per heavy atom. The number of benzene rings is 13. The third-order valence-corrected chi connectivity index (χ3v) is 18.2. The summed E-state index contributed by atoms with van der Waals surface area (Å²) in [7, 11) is 0. The van der Waals surface area contributed by atoms with E-state index in [0.29, 0.717) is 0 Å². The Labute approximate surface area is 423 Å². The van der Waals surface area contributed by atoms with E-state index < -0.39 is 0 Å². The van der Waals surface area contributed by atoms with Gasteiger partial charge in [0.05, 0.1) is 38.8 Å².